The molecule has 0 atom stereocenters. The van der Waals surface area contributed by atoms with Gasteiger partial charge in [0, 0.05) is 24.4 Å². The van der Waals surface area contributed by atoms with Crippen molar-refractivity contribution in [1.82, 2.24) is 9.78 Å². The van der Waals surface area contributed by atoms with Gasteiger partial charge in [-0.15, -0.1) is 0 Å². The monoisotopic (exact) mass is 242 g/mol. The smallest absolute Gasteiger partial charge is 0.150 e. The van der Waals surface area contributed by atoms with Gasteiger partial charge < -0.3 is 0 Å². The van der Waals surface area contributed by atoms with E-state index in [0.29, 0.717) is 5.56 Å². The van der Waals surface area contributed by atoms with Crippen LogP contribution in [0.2, 0.25) is 0 Å². The van der Waals surface area contributed by atoms with E-state index in [0.717, 1.165) is 35.9 Å². The zero-order valence-electron chi connectivity index (χ0n) is 11.1. The van der Waals surface area contributed by atoms with Crippen LogP contribution in [0, 0.1) is 6.92 Å². The molecule has 0 aliphatic carbocycles. The first-order valence-electron chi connectivity index (χ1n) is 6.24. The fourth-order valence-electron chi connectivity index (χ4n) is 2.18. The third-order valence-electron chi connectivity index (χ3n) is 3.08. The van der Waals surface area contributed by atoms with Crippen LogP contribution in [0.4, 0.5) is 0 Å². The van der Waals surface area contributed by atoms with Crippen LogP contribution in [-0.2, 0) is 13.5 Å². The van der Waals surface area contributed by atoms with E-state index in [1.165, 1.54) is 5.56 Å². The molecule has 0 bridgehead atoms. The second-order valence-corrected chi connectivity index (χ2v) is 4.61. The van der Waals surface area contributed by atoms with Gasteiger partial charge in [0.05, 0.1) is 5.69 Å². The highest BCUT2D eigenvalue weighted by atomic mass is 16.1. The van der Waals surface area contributed by atoms with Crippen molar-refractivity contribution in [3.8, 4) is 11.1 Å². The number of carbonyl (C=O) groups is 1. The van der Waals surface area contributed by atoms with E-state index in [9.17, 15) is 4.79 Å². The molecule has 0 unspecified atom stereocenters. The Kier molecular flexibility index (Phi) is 3.60. The standard InChI is InChI=1S/C15H18N2O/c1-4-5-15-14(9-17(3)16-15)13-8-12(10-18)7-6-11(13)2/h6-10H,4-5H2,1-3H3. The summed E-state index contributed by atoms with van der Waals surface area (Å²) in [7, 11) is 1.93. The minimum Gasteiger partial charge on any atom is -0.298 e. The minimum absolute atomic E-state index is 0.710. The van der Waals surface area contributed by atoms with Gasteiger partial charge in [-0.05, 0) is 30.5 Å². The Morgan fingerprint density at radius 2 is 2.11 bits per heavy atom. The van der Waals surface area contributed by atoms with E-state index < -0.39 is 0 Å². The van der Waals surface area contributed by atoms with Crippen molar-refractivity contribution in [3.63, 3.8) is 0 Å². The van der Waals surface area contributed by atoms with Crippen LogP contribution in [0.15, 0.2) is 24.4 Å². The highest BCUT2D eigenvalue weighted by molar-refractivity contribution is 5.80. The molecule has 0 amide bonds. The van der Waals surface area contributed by atoms with E-state index in [4.69, 9.17) is 0 Å². The molecule has 2 aromatic rings. The number of aryl methyl sites for hydroxylation is 3. The average molecular weight is 242 g/mol. The molecule has 3 heteroatoms. The lowest BCUT2D eigenvalue weighted by Crippen LogP contribution is -1.92. The normalized spacial score (nSPS) is 10.6. The molecule has 0 aliphatic heterocycles. The molecule has 0 saturated carbocycles. The first-order valence-corrected chi connectivity index (χ1v) is 6.24. The molecular weight excluding hydrogens is 224 g/mol. The second-order valence-electron chi connectivity index (χ2n) is 4.61. The van der Waals surface area contributed by atoms with Crippen molar-refractivity contribution in [2.75, 3.05) is 0 Å². The Morgan fingerprint density at radius 1 is 1.33 bits per heavy atom. The molecule has 94 valence electrons. The number of aldehydes is 1. The quantitative estimate of drug-likeness (QED) is 0.772. The van der Waals surface area contributed by atoms with Crippen molar-refractivity contribution >= 4 is 6.29 Å². The maximum atomic E-state index is 10.9. The first kappa shape index (κ1) is 12.6. The fraction of sp³-hybridized carbons (Fsp3) is 0.333. The lowest BCUT2D eigenvalue weighted by molar-refractivity contribution is 0.112. The minimum atomic E-state index is 0.710. The van der Waals surface area contributed by atoms with Gasteiger partial charge in [0.1, 0.15) is 6.29 Å². The zero-order valence-corrected chi connectivity index (χ0v) is 11.1. The molecule has 1 heterocycles. The third-order valence-corrected chi connectivity index (χ3v) is 3.08. The van der Waals surface area contributed by atoms with E-state index in [2.05, 4.69) is 18.9 Å². The van der Waals surface area contributed by atoms with Gasteiger partial charge in [0.2, 0.25) is 0 Å². The summed E-state index contributed by atoms with van der Waals surface area (Å²) in [5.74, 6) is 0. The Bertz CT molecular complexity index is 570. The summed E-state index contributed by atoms with van der Waals surface area (Å²) < 4.78 is 1.84. The molecule has 2 rings (SSSR count). The molecule has 0 saturated heterocycles. The SMILES string of the molecule is CCCc1nn(C)cc1-c1cc(C=O)ccc1C. The molecule has 18 heavy (non-hydrogen) atoms. The van der Waals surface area contributed by atoms with Crippen LogP contribution >= 0.6 is 0 Å². The fourth-order valence-corrected chi connectivity index (χ4v) is 2.18. The molecule has 0 aliphatic rings. The van der Waals surface area contributed by atoms with Crippen LogP contribution in [-0.4, -0.2) is 16.1 Å². The van der Waals surface area contributed by atoms with Crippen LogP contribution in [0.1, 0.15) is 35.0 Å². The summed E-state index contributed by atoms with van der Waals surface area (Å²) in [5.41, 5.74) is 5.23. The van der Waals surface area contributed by atoms with Crippen LogP contribution in [0.5, 0.6) is 0 Å². The Hall–Kier alpha value is -1.90. The highest BCUT2D eigenvalue weighted by Gasteiger charge is 2.11. The predicted octanol–water partition coefficient (Wildman–Crippen LogP) is 3.16. The molecule has 0 N–H and O–H groups in total. The van der Waals surface area contributed by atoms with Crippen molar-refractivity contribution in [2.24, 2.45) is 7.05 Å². The highest BCUT2D eigenvalue weighted by Crippen LogP contribution is 2.27. The second kappa shape index (κ2) is 5.17. The van der Waals surface area contributed by atoms with E-state index in [-0.39, 0.29) is 0 Å². The summed E-state index contributed by atoms with van der Waals surface area (Å²) in [6.07, 6.45) is 4.94. The van der Waals surface area contributed by atoms with Crippen molar-refractivity contribution in [2.45, 2.75) is 26.7 Å². The van der Waals surface area contributed by atoms with Crippen molar-refractivity contribution in [3.05, 3.63) is 41.2 Å². The Morgan fingerprint density at radius 3 is 2.78 bits per heavy atom. The van der Waals surface area contributed by atoms with Gasteiger partial charge in [-0.3, -0.25) is 9.48 Å². The average Bonchev–Trinajstić information content (AvgIpc) is 2.71. The van der Waals surface area contributed by atoms with Gasteiger partial charge >= 0.3 is 0 Å². The number of hydrogen-bond donors (Lipinski definition) is 0. The van der Waals surface area contributed by atoms with Crippen LogP contribution in [0.3, 0.4) is 0 Å². The third kappa shape index (κ3) is 2.35. The number of aromatic nitrogens is 2. The molecule has 1 aromatic heterocycles. The molecular formula is C15H18N2O. The predicted molar refractivity (Wildman–Crippen MR) is 72.8 cm³/mol. The maximum Gasteiger partial charge on any atom is 0.150 e. The first-order chi connectivity index (χ1) is 8.65. The molecule has 0 radical (unpaired) electrons. The lowest BCUT2D eigenvalue weighted by Gasteiger charge is -2.06. The van der Waals surface area contributed by atoms with Crippen molar-refractivity contribution in [1.29, 1.82) is 0 Å². The van der Waals surface area contributed by atoms with Crippen LogP contribution < -0.4 is 0 Å². The molecule has 1 aromatic carbocycles. The topological polar surface area (TPSA) is 34.9 Å². The summed E-state index contributed by atoms with van der Waals surface area (Å²) in [4.78, 5) is 10.9. The summed E-state index contributed by atoms with van der Waals surface area (Å²) in [5, 5.41) is 4.50. The molecule has 0 spiro atoms. The van der Waals surface area contributed by atoms with E-state index >= 15 is 0 Å². The van der Waals surface area contributed by atoms with Gasteiger partial charge in [0.25, 0.3) is 0 Å². The van der Waals surface area contributed by atoms with Gasteiger partial charge in [-0.25, -0.2) is 0 Å². The van der Waals surface area contributed by atoms with Crippen molar-refractivity contribution < 1.29 is 4.79 Å². The summed E-state index contributed by atoms with van der Waals surface area (Å²) in [6, 6.07) is 5.78. The van der Waals surface area contributed by atoms with Gasteiger partial charge in [-0.2, -0.15) is 5.10 Å². The maximum absolute atomic E-state index is 10.9. The van der Waals surface area contributed by atoms with Gasteiger partial charge in [0.15, 0.2) is 0 Å². The summed E-state index contributed by atoms with van der Waals surface area (Å²) in [6.45, 7) is 4.21. The zero-order chi connectivity index (χ0) is 13.1. The molecule has 0 fully saturated rings. The van der Waals surface area contributed by atoms with E-state index in [1.807, 2.05) is 36.1 Å². The van der Waals surface area contributed by atoms with Crippen LogP contribution in [0.25, 0.3) is 11.1 Å². The Labute approximate surface area is 107 Å². The van der Waals surface area contributed by atoms with E-state index in [1.54, 1.807) is 0 Å². The van der Waals surface area contributed by atoms with Gasteiger partial charge in [-0.1, -0.05) is 25.5 Å². The number of rotatable bonds is 4. The Balaban J connectivity index is 2.56. The number of hydrogen-bond acceptors (Lipinski definition) is 2. The molecule has 3 nitrogen and oxygen atoms in total. The summed E-state index contributed by atoms with van der Waals surface area (Å²) >= 11 is 0. The number of benzene rings is 1. The largest absolute Gasteiger partial charge is 0.298 e. The number of nitrogens with zero attached hydrogens (tertiary/aromatic N) is 2. The number of carbonyl (C=O) groups excluding carboxylic acids is 1. The lowest BCUT2D eigenvalue weighted by atomic mass is 9.97.